The molecule has 2 aromatic rings. The highest BCUT2D eigenvalue weighted by Crippen LogP contribution is 2.35. The van der Waals surface area contributed by atoms with E-state index >= 15 is 0 Å². The zero-order valence-corrected chi connectivity index (χ0v) is 9.84. The number of anilines is 1. The first kappa shape index (κ1) is 9.31. The number of fused-ring (bicyclic) bond motifs is 1. The summed E-state index contributed by atoms with van der Waals surface area (Å²) >= 11 is 10.9. The molecule has 0 bridgehead atoms. The molecule has 0 unspecified atom stereocenters. The fourth-order valence-corrected chi connectivity index (χ4v) is 3.32. The Labute approximate surface area is 93.6 Å². The van der Waals surface area contributed by atoms with Gasteiger partial charge in [0.15, 0.2) is 0 Å². The third kappa shape index (κ3) is 1.56. The maximum atomic E-state index is 5.83. The molecular weight excluding hydrogens is 270 g/mol. The van der Waals surface area contributed by atoms with Crippen LogP contribution in [0.15, 0.2) is 22.0 Å². The van der Waals surface area contributed by atoms with Gasteiger partial charge < -0.3 is 5.73 Å². The minimum absolute atomic E-state index is 0.468. The van der Waals surface area contributed by atoms with Crippen molar-refractivity contribution in [3.63, 3.8) is 0 Å². The number of thiophene rings is 1. The van der Waals surface area contributed by atoms with E-state index in [9.17, 15) is 0 Å². The standard InChI is InChI=1S/C9H7BrClNS/c10-8-3-5-1-2-7(12)6(4-11)9(5)13-8/h1-3H,4,12H2. The van der Waals surface area contributed by atoms with Gasteiger partial charge in [-0.1, -0.05) is 6.07 Å². The van der Waals surface area contributed by atoms with E-state index in [0.29, 0.717) is 5.88 Å². The van der Waals surface area contributed by atoms with Crippen molar-refractivity contribution < 1.29 is 0 Å². The number of rotatable bonds is 1. The Morgan fingerprint density at radius 2 is 2.23 bits per heavy atom. The Kier molecular flexibility index (Phi) is 2.49. The zero-order valence-electron chi connectivity index (χ0n) is 6.68. The summed E-state index contributed by atoms with van der Waals surface area (Å²) in [5, 5.41) is 1.20. The molecule has 0 aliphatic rings. The predicted octanol–water partition coefficient (Wildman–Crippen LogP) is 3.98. The Hall–Kier alpha value is -0.250. The molecule has 0 aliphatic carbocycles. The SMILES string of the molecule is Nc1ccc2cc(Br)sc2c1CCl. The van der Waals surface area contributed by atoms with Gasteiger partial charge in [0.25, 0.3) is 0 Å². The van der Waals surface area contributed by atoms with Crippen molar-refractivity contribution in [2.75, 3.05) is 5.73 Å². The van der Waals surface area contributed by atoms with E-state index in [-0.39, 0.29) is 0 Å². The fourth-order valence-electron chi connectivity index (χ4n) is 1.28. The third-order valence-corrected chi connectivity index (χ3v) is 3.91. The predicted molar refractivity (Wildman–Crippen MR) is 63.5 cm³/mol. The van der Waals surface area contributed by atoms with E-state index in [1.54, 1.807) is 11.3 Å². The van der Waals surface area contributed by atoms with Crippen LogP contribution in [-0.2, 0) is 5.88 Å². The van der Waals surface area contributed by atoms with Crippen molar-refractivity contribution in [3.05, 3.63) is 27.5 Å². The van der Waals surface area contributed by atoms with Gasteiger partial charge in [0.1, 0.15) is 0 Å². The summed E-state index contributed by atoms with van der Waals surface area (Å²) in [6.07, 6.45) is 0. The van der Waals surface area contributed by atoms with Crippen LogP contribution in [-0.4, -0.2) is 0 Å². The molecule has 2 rings (SSSR count). The van der Waals surface area contributed by atoms with E-state index in [4.69, 9.17) is 17.3 Å². The molecule has 1 heterocycles. The van der Waals surface area contributed by atoms with Gasteiger partial charge in [-0.2, -0.15) is 0 Å². The first-order chi connectivity index (χ1) is 6.22. The number of nitrogens with two attached hydrogens (primary N) is 1. The van der Waals surface area contributed by atoms with Gasteiger partial charge in [-0.05, 0) is 33.4 Å². The summed E-state index contributed by atoms with van der Waals surface area (Å²) in [6, 6.07) is 6.00. The van der Waals surface area contributed by atoms with Gasteiger partial charge in [-0.25, -0.2) is 0 Å². The average Bonchev–Trinajstić information content (AvgIpc) is 2.45. The van der Waals surface area contributed by atoms with Crippen molar-refractivity contribution in [3.8, 4) is 0 Å². The maximum absolute atomic E-state index is 5.83. The number of alkyl halides is 1. The lowest BCUT2D eigenvalue weighted by Gasteiger charge is -2.01. The summed E-state index contributed by atoms with van der Waals surface area (Å²) < 4.78 is 2.29. The van der Waals surface area contributed by atoms with Crippen molar-refractivity contribution >= 4 is 54.6 Å². The maximum Gasteiger partial charge on any atom is 0.0711 e. The molecule has 0 saturated heterocycles. The van der Waals surface area contributed by atoms with Gasteiger partial charge in [0.05, 0.1) is 9.67 Å². The number of hydrogen-bond acceptors (Lipinski definition) is 2. The molecule has 0 amide bonds. The highest BCUT2D eigenvalue weighted by molar-refractivity contribution is 9.11. The molecule has 1 aromatic heterocycles. The summed E-state index contributed by atoms with van der Waals surface area (Å²) in [5.41, 5.74) is 7.63. The lowest BCUT2D eigenvalue weighted by atomic mass is 10.1. The summed E-state index contributed by atoms with van der Waals surface area (Å²) in [4.78, 5) is 0. The molecule has 68 valence electrons. The highest BCUT2D eigenvalue weighted by Gasteiger charge is 2.07. The first-order valence-corrected chi connectivity index (χ1v) is 5.89. The number of hydrogen-bond donors (Lipinski definition) is 1. The van der Waals surface area contributed by atoms with Gasteiger partial charge in [-0.15, -0.1) is 22.9 Å². The van der Waals surface area contributed by atoms with Crippen LogP contribution in [0.25, 0.3) is 10.1 Å². The third-order valence-electron chi connectivity index (χ3n) is 1.93. The van der Waals surface area contributed by atoms with Crippen LogP contribution in [0.3, 0.4) is 0 Å². The molecule has 13 heavy (non-hydrogen) atoms. The van der Waals surface area contributed by atoms with Crippen LogP contribution >= 0.6 is 38.9 Å². The van der Waals surface area contributed by atoms with E-state index in [0.717, 1.165) is 15.0 Å². The van der Waals surface area contributed by atoms with Gasteiger partial charge in [-0.3, -0.25) is 0 Å². The van der Waals surface area contributed by atoms with E-state index in [1.807, 2.05) is 12.1 Å². The smallest absolute Gasteiger partial charge is 0.0711 e. The highest BCUT2D eigenvalue weighted by atomic mass is 79.9. The Balaban J connectivity index is 2.82. The van der Waals surface area contributed by atoms with E-state index in [2.05, 4.69) is 22.0 Å². The van der Waals surface area contributed by atoms with Crippen molar-refractivity contribution in [1.29, 1.82) is 0 Å². The Morgan fingerprint density at radius 1 is 1.46 bits per heavy atom. The number of halogens is 2. The molecule has 0 spiro atoms. The quantitative estimate of drug-likeness (QED) is 0.619. The summed E-state index contributed by atoms with van der Waals surface area (Å²) in [5.74, 6) is 0.468. The lowest BCUT2D eigenvalue weighted by molar-refractivity contribution is 1.47. The van der Waals surface area contributed by atoms with Crippen molar-refractivity contribution in [1.82, 2.24) is 0 Å². The molecule has 0 radical (unpaired) electrons. The van der Waals surface area contributed by atoms with Crippen LogP contribution in [0, 0.1) is 0 Å². The van der Waals surface area contributed by atoms with Crippen LogP contribution in [0.2, 0.25) is 0 Å². The Bertz CT molecular complexity index is 452. The second-order valence-electron chi connectivity index (χ2n) is 2.74. The zero-order chi connectivity index (χ0) is 9.42. The summed E-state index contributed by atoms with van der Waals surface area (Å²) in [7, 11) is 0. The molecule has 0 saturated carbocycles. The van der Waals surface area contributed by atoms with Crippen LogP contribution < -0.4 is 5.73 Å². The molecule has 0 atom stereocenters. The van der Waals surface area contributed by atoms with Crippen molar-refractivity contribution in [2.45, 2.75) is 5.88 Å². The fraction of sp³-hybridized carbons (Fsp3) is 0.111. The number of benzene rings is 1. The monoisotopic (exact) mass is 275 g/mol. The van der Waals surface area contributed by atoms with Gasteiger partial charge in [0.2, 0.25) is 0 Å². The molecule has 2 N–H and O–H groups in total. The second kappa shape index (κ2) is 3.48. The van der Waals surface area contributed by atoms with Crippen LogP contribution in [0.5, 0.6) is 0 Å². The van der Waals surface area contributed by atoms with E-state index < -0.39 is 0 Å². The lowest BCUT2D eigenvalue weighted by Crippen LogP contribution is -1.90. The van der Waals surface area contributed by atoms with Crippen LogP contribution in [0.1, 0.15) is 5.56 Å². The molecule has 4 heteroatoms. The molecular formula is C9H7BrClNS. The first-order valence-electron chi connectivity index (χ1n) is 3.74. The van der Waals surface area contributed by atoms with Gasteiger partial charge in [0, 0.05) is 16.0 Å². The normalized spacial score (nSPS) is 10.9. The van der Waals surface area contributed by atoms with Crippen LogP contribution in [0.4, 0.5) is 5.69 Å². The molecule has 1 nitrogen and oxygen atoms in total. The van der Waals surface area contributed by atoms with Gasteiger partial charge >= 0.3 is 0 Å². The largest absolute Gasteiger partial charge is 0.398 e. The molecule has 1 aromatic carbocycles. The van der Waals surface area contributed by atoms with E-state index in [1.165, 1.54) is 10.1 Å². The minimum Gasteiger partial charge on any atom is -0.398 e. The molecule has 0 fully saturated rings. The average molecular weight is 277 g/mol. The van der Waals surface area contributed by atoms with Crippen molar-refractivity contribution in [2.24, 2.45) is 0 Å². The summed E-state index contributed by atoms with van der Waals surface area (Å²) in [6.45, 7) is 0. The Morgan fingerprint density at radius 3 is 2.92 bits per heavy atom. The minimum atomic E-state index is 0.468. The topological polar surface area (TPSA) is 26.0 Å². The molecule has 0 aliphatic heterocycles. The number of nitrogen functional groups attached to an aromatic ring is 1. The second-order valence-corrected chi connectivity index (χ2v) is 5.43.